The minimum Gasteiger partial charge on any atom is -0.497 e. The highest BCUT2D eigenvalue weighted by Crippen LogP contribution is 2.23. The number of aromatic nitrogens is 2. The maximum Gasteiger partial charge on any atom is 0.146 e. The van der Waals surface area contributed by atoms with Crippen molar-refractivity contribution >= 4 is 17.4 Å². The van der Waals surface area contributed by atoms with Crippen molar-refractivity contribution in [2.24, 2.45) is 0 Å². The van der Waals surface area contributed by atoms with Gasteiger partial charge < -0.3 is 10.5 Å². The number of anilines is 1. The predicted molar refractivity (Wildman–Crippen MR) is 59.5 cm³/mol. The number of nitrogens with zero attached hydrogens (tertiary/aromatic N) is 2. The zero-order chi connectivity index (χ0) is 10.8. The van der Waals surface area contributed by atoms with Crippen LogP contribution >= 0.6 is 11.6 Å². The minimum absolute atomic E-state index is 0.421. The molecule has 15 heavy (non-hydrogen) atoms. The van der Waals surface area contributed by atoms with E-state index in [1.54, 1.807) is 11.8 Å². The standard InChI is InChI=1S/C10H10ClN3O/c1-15-8-4-2-3-7(5-8)14-10(12)9(11)6-13-14/h2-6H,12H2,1H3. The molecule has 0 saturated heterocycles. The molecule has 0 aliphatic rings. The van der Waals surface area contributed by atoms with Crippen LogP contribution in [0.5, 0.6) is 5.75 Å². The Labute approximate surface area is 92.2 Å². The van der Waals surface area contributed by atoms with Gasteiger partial charge in [-0.3, -0.25) is 0 Å². The lowest BCUT2D eigenvalue weighted by atomic mass is 10.3. The van der Waals surface area contributed by atoms with Crippen LogP contribution in [0.25, 0.3) is 5.69 Å². The number of methoxy groups -OCH3 is 1. The van der Waals surface area contributed by atoms with Crippen LogP contribution < -0.4 is 10.5 Å². The zero-order valence-electron chi connectivity index (χ0n) is 8.14. The monoisotopic (exact) mass is 223 g/mol. The van der Waals surface area contributed by atoms with Crippen molar-refractivity contribution in [3.05, 3.63) is 35.5 Å². The SMILES string of the molecule is COc1cccc(-n2ncc(Cl)c2N)c1. The molecule has 1 heterocycles. The number of hydrogen-bond donors (Lipinski definition) is 1. The van der Waals surface area contributed by atoms with Crippen molar-refractivity contribution in [3.8, 4) is 11.4 Å². The molecule has 0 fully saturated rings. The topological polar surface area (TPSA) is 53.1 Å². The van der Waals surface area contributed by atoms with Gasteiger partial charge in [0.2, 0.25) is 0 Å². The fourth-order valence-corrected chi connectivity index (χ4v) is 1.41. The molecule has 0 unspecified atom stereocenters. The van der Waals surface area contributed by atoms with E-state index in [9.17, 15) is 0 Å². The number of nitrogen functional groups attached to an aromatic ring is 1. The number of ether oxygens (including phenoxy) is 1. The number of halogens is 1. The molecule has 1 aromatic carbocycles. The predicted octanol–water partition coefficient (Wildman–Crippen LogP) is 2.12. The lowest BCUT2D eigenvalue weighted by Gasteiger charge is -2.05. The van der Waals surface area contributed by atoms with Crippen molar-refractivity contribution < 1.29 is 4.74 Å². The maximum atomic E-state index is 5.81. The molecule has 4 nitrogen and oxygen atoms in total. The number of hydrogen-bond acceptors (Lipinski definition) is 3. The largest absolute Gasteiger partial charge is 0.497 e. The molecule has 0 amide bonds. The molecule has 0 atom stereocenters. The van der Waals surface area contributed by atoms with Gasteiger partial charge in [-0.1, -0.05) is 17.7 Å². The molecule has 2 aromatic rings. The molecule has 5 heteroatoms. The lowest BCUT2D eigenvalue weighted by molar-refractivity contribution is 0.414. The van der Waals surface area contributed by atoms with E-state index in [1.165, 1.54) is 6.20 Å². The summed E-state index contributed by atoms with van der Waals surface area (Å²) in [5, 5.41) is 4.51. The summed E-state index contributed by atoms with van der Waals surface area (Å²) in [4.78, 5) is 0. The van der Waals surface area contributed by atoms with Gasteiger partial charge in [-0.15, -0.1) is 0 Å². The molecule has 0 aliphatic carbocycles. The van der Waals surface area contributed by atoms with E-state index >= 15 is 0 Å². The summed E-state index contributed by atoms with van der Waals surface area (Å²) in [6, 6.07) is 7.43. The third kappa shape index (κ3) is 1.76. The molecule has 78 valence electrons. The molecule has 0 radical (unpaired) electrons. The van der Waals surface area contributed by atoms with Gasteiger partial charge in [-0.2, -0.15) is 5.10 Å². The van der Waals surface area contributed by atoms with E-state index in [0.29, 0.717) is 10.8 Å². The van der Waals surface area contributed by atoms with Crippen LogP contribution in [0.4, 0.5) is 5.82 Å². The van der Waals surface area contributed by atoms with Crippen molar-refractivity contribution in [2.45, 2.75) is 0 Å². The lowest BCUT2D eigenvalue weighted by Crippen LogP contribution is -2.01. The molecular weight excluding hydrogens is 214 g/mol. The fraction of sp³-hybridized carbons (Fsp3) is 0.100. The fourth-order valence-electron chi connectivity index (χ4n) is 1.29. The molecule has 0 saturated carbocycles. The number of benzene rings is 1. The molecule has 0 spiro atoms. The Morgan fingerprint density at radius 2 is 2.27 bits per heavy atom. The maximum absolute atomic E-state index is 5.81. The van der Waals surface area contributed by atoms with Gasteiger partial charge in [0.05, 0.1) is 19.0 Å². The van der Waals surface area contributed by atoms with Crippen LogP contribution in [0.1, 0.15) is 0 Å². The van der Waals surface area contributed by atoms with E-state index < -0.39 is 0 Å². The Bertz CT molecular complexity index is 481. The van der Waals surface area contributed by atoms with Crippen molar-refractivity contribution in [1.82, 2.24) is 9.78 Å². The van der Waals surface area contributed by atoms with Gasteiger partial charge in [0.15, 0.2) is 0 Å². The van der Waals surface area contributed by atoms with E-state index in [1.807, 2.05) is 24.3 Å². The first-order valence-electron chi connectivity index (χ1n) is 4.36. The highest BCUT2D eigenvalue weighted by atomic mass is 35.5. The second-order valence-electron chi connectivity index (χ2n) is 2.99. The van der Waals surface area contributed by atoms with Gasteiger partial charge in [0, 0.05) is 6.07 Å². The zero-order valence-corrected chi connectivity index (χ0v) is 8.90. The van der Waals surface area contributed by atoms with E-state index in [-0.39, 0.29) is 0 Å². The second kappa shape index (κ2) is 3.82. The first-order valence-corrected chi connectivity index (χ1v) is 4.73. The summed E-state index contributed by atoms with van der Waals surface area (Å²) in [7, 11) is 1.61. The average molecular weight is 224 g/mol. The van der Waals surface area contributed by atoms with Crippen molar-refractivity contribution in [1.29, 1.82) is 0 Å². The Hall–Kier alpha value is -1.68. The smallest absolute Gasteiger partial charge is 0.146 e. The average Bonchev–Trinajstić information content (AvgIpc) is 2.60. The van der Waals surface area contributed by atoms with Gasteiger partial charge in [-0.05, 0) is 12.1 Å². The molecule has 2 rings (SSSR count). The quantitative estimate of drug-likeness (QED) is 0.849. The summed E-state index contributed by atoms with van der Waals surface area (Å²) in [6.45, 7) is 0. The molecular formula is C10H10ClN3O. The number of nitrogens with two attached hydrogens (primary N) is 1. The van der Waals surface area contributed by atoms with Crippen LogP contribution in [-0.2, 0) is 0 Å². The molecule has 2 N–H and O–H groups in total. The minimum atomic E-state index is 0.421. The van der Waals surface area contributed by atoms with Crippen molar-refractivity contribution in [3.63, 3.8) is 0 Å². The van der Waals surface area contributed by atoms with Crippen molar-refractivity contribution in [2.75, 3.05) is 12.8 Å². The van der Waals surface area contributed by atoms with Crippen LogP contribution in [0.3, 0.4) is 0 Å². The van der Waals surface area contributed by atoms with Crippen LogP contribution in [0.15, 0.2) is 30.5 Å². The van der Waals surface area contributed by atoms with Crippen LogP contribution in [0, 0.1) is 0 Å². The number of rotatable bonds is 2. The van der Waals surface area contributed by atoms with E-state index in [0.717, 1.165) is 11.4 Å². The summed E-state index contributed by atoms with van der Waals surface area (Å²) < 4.78 is 6.67. The third-order valence-corrected chi connectivity index (χ3v) is 2.35. The highest BCUT2D eigenvalue weighted by Gasteiger charge is 2.07. The van der Waals surface area contributed by atoms with Gasteiger partial charge in [0.25, 0.3) is 0 Å². The molecule has 0 aliphatic heterocycles. The Balaban J connectivity index is 2.49. The normalized spacial score (nSPS) is 10.3. The van der Waals surface area contributed by atoms with Crippen LogP contribution in [-0.4, -0.2) is 16.9 Å². The second-order valence-corrected chi connectivity index (χ2v) is 3.40. The molecule has 0 bridgehead atoms. The first kappa shape index (κ1) is 9.86. The van der Waals surface area contributed by atoms with E-state index in [4.69, 9.17) is 22.1 Å². The van der Waals surface area contributed by atoms with E-state index in [2.05, 4.69) is 5.10 Å². The summed E-state index contributed by atoms with van der Waals surface area (Å²) >= 11 is 5.81. The Morgan fingerprint density at radius 1 is 1.47 bits per heavy atom. The van der Waals surface area contributed by atoms with Gasteiger partial charge in [-0.25, -0.2) is 4.68 Å². The van der Waals surface area contributed by atoms with Crippen LogP contribution in [0.2, 0.25) is 5.02 Å². The first-order chi connectivity index (χ1) is 7.22. The Morgan fingerprint density at radius 3 is 2.87 bits per heavy atom. The molecule has 1 aromatic heterocycles. The summed E-state index contributed by atoms with van der Waals surface area (Å²) in [6.07, 6.45) is 1.51. The Kier molecular flexibility index (Phi) is 2.51. The third-order valence-electron chi connectivity index (χ3n) is 2.06. The van der Waals surface area contributed by atoms with Gasteiger partial charge in [0.1, 0.15) is 16.6 Å². The highest BCUT2D eigenvalue weighted by molar-refractivity contribution is 6.32. The summed E-state index contributed by atoms with van der Waals surface area (Å²) in [5.74, 6) is 1.17. The van der Waals surface area contributed by atoms with Gasteiger partial charge >= 0.3 is 0 Å². The summed E-state index contributed by atoms with van der Waals surface area (Å²) in [5.41, 5.74) is 6.57.